The van der Waals surface area contributed by atoms with Crippen molar-refractivity contribution in [2.45, 2.75) is 13.8 Å². The fourth-order valence-corrected chi connectivity index (χ4v) is 1.40. The van der Waals surface area contributed by atoms with Gasteiger partial charge in [0.2, 0.25) is 0 Å². The van der Waals surface area contributed by atoms with Crippen LogP contribution < -0.4 is 4.74 Å². The van der Waals surface area contributed by atoms with Crippen LogP contribution in [0.15, 0.2) is 6.07 Å². The van der Waals surface area contributed by atoms with E-state index in [-0.39, 0.29) is 12.4 Å². The van der Waals surface area contributed by atoms with Crippen LogP contribution in [0.3, 0.4) is 0 Å². The number of hydrogen-bond acceptors (Lipinski definition) is 3. The first-order valence-corrected chi connectivity index (χ1v) is 4.48. The summed E-state index contributed by atoms with van der Waals surface area (Å²) >= 11 is 0. The molecule has 4 heteroatoms. The molecule has 0 bridgehead atoms. The van der Waals surface area contributed by atoms with E-state index in [4.69, 9.17) is 9.47 Å². The minimum atomic E-state index is -0.540. The minimum Gasteiger partial charge on any atom is -0.467 e. The first-order chi connectivity index (χ1) is 7.11. The Bertz CT molecular complexity index is 375. The topological polar surface area (TPSA) is 35.5 Å². The summed E-state index contributed by atoms with van der Waals surface area (Å²) in [5.41, 5.74) is 1.09. The van der Waals surface area contributed by atoms with Crippen molar-refractivity contribution in [3.8, 4) is 5.75 Å². The largest absolute Gasteiger partial charge is 0.467 e. The molecule has 0 saturated carbocycles. The molecule has 0 spiro atoms. The molecule has 0 aliphatic rings. The van der Waals surface area contributed by atoms with Crippen molar-refractivity contribution in [3.63, 3.8) is 0 Å². The highest BCUT2D eigenvalue weighted by Gasteiger charge is 2.13. The van der Waals surface area contributed by atoms with Gasteiger partial charge in [-0.1, -0.05) is 0 Å². The second-order valence-electron chi connectivity index (χ2n) is 3.22. The van der Waals surface area contributed by atoms with Crippen molar-refractivity contribution in [3.05, 3.63) is 28.6 Å². The van der Waals surface area contributed by atoms with Crippen molar-refractivity contribution in [1.29, 1.82) is 0 Å². The molecule has 0 atom stereocenters. The van der Waals surface area contributed by atoms with Gasteiger partial charge >= 0.3 is 0 Å². The molecule has 0 aromatic heterocycles. The third-order valence-corrected chi connectivity index (χ3v) is 2.10. The van der Waals surface area contributed by atoms with Gasteiger partial charge in [-0.15, -0.1) is 0 Å². The number of hydrogen-bond donors (Lipinski definition) is 0. The fraction of sp³-hybridized carbons (Fsp3) is 0.364. The zero-order valence-corrected chi connectivity index (χ0v) is 8.96. The van der Waals surface area contributed by atoms with Crippen LogP contribution in [0.4, 0.5) is 4.39 Å². The Morgan fingerprint density at radius 3 is 2.67 bits per heavy atom. The molecule has 1 aromatic carbocycles. The average Bonchev–Trinajstić information content (AvgIpc) is 2.23. The first kappa shape index (κ1) is 11.7. The predicted molar refractivity (Wildman–Crippen MR) is 53.8 cm³/mol. The molecule has 1 rings (SSSR count). The molecular formula is C11H13FO3. The third-order valence-electron chi connectivity index (χ3n) is 2.10. The standard InChI is InChI=1S/C11H13FO3/c1-7-4-9(5-13)10(12)8(2)11(7)15-6-14-3/h4-5H,6H2,1-3H3. The normalized spacial score (nSPS) is 10.1. The highest BCUT2D eigenvalue weighted by molar-refractivity contribution is 5.77. The number of ether oxygens (including phenoxy) is 2. The van der Waals surface area contributed by atoms with Gasteiger partial charge in [-0.2, -0.15) is 0 Å². The van der Waals surface area contributed by atoms with Crippen LogP contribution in [0, 0.1) is 19.7 Å². The SMILES string of the molecule is COCOc1c(C)cc(C=O)c(F)c1C. The van der Waals surface area contributed by atoms with Gasteiger partial charge in [-0.05, 0) is 25.5 Å². The Hall–Kier alpha value is -1.42. The summed E-state index contributed by atoms with van der Waals surface area (Å²) in [4.78, 5) is 10.6. The molecule has 1 aromatic rings. The number of halogens is 1. The van der Waals surface area contributed by atoms with Gasteiger partial charge in [0.1, 0.15) is 11.6 Å². The number of aldehydes is 1. The predicted octanol–water partition coefficient (Wildman–Crippen LogP) is 2.24. The average molecular weight is 212 g/mol. The van der Waals surface area contributed by atoms with Gasteiger partial charge in [0, 0.05) is 12.7 Å². The van der Waals surface area contributed by atoms with Crippen molar-refractivity contribution in [1.82, 2.24) is 0 Å². The van der Waals surface area contributed by atoms with Crippen LogP contribution >= 0.6 is 0 Å². The Kier molecular flexibility index (Phi) is 3.80. The number of rotatable bonds is 4. The molecule has 82 valence electrons. The van der Waals surface area contributed by atoms with Crippen LogP contribution in [-0.4, -0.2) is 20.2 Å². The van der Waals surface area contributed by atoms with E-state index in [0.29, 0.717) is 23.2 Å². The lowest BCUT2D eigenvalue weighted by atomic mass is 10.1. The monoisotopic (exact) mass is 212 g/mol. The summed E-state index contributed by atoms with van der Waals surface area (Å²) in [6.07, 6.45) is 0.495. The molecule has 0 heterocycles. The smallest absolute Gasteiger partial charge is 0.188 e. The maximum Gasteiger partial charge on any atom is 0.188 e. The van der Waals surface area contributed by atoms with E-state index in [0.717, 1.165) is 0 Å². The molecule has 0 aliphatic heterocycles. The minimum absolute atomic E-state index is 0.0507. The summed E-state index contributed by atoms with van der Waals surface area (Å²) < 4.78 is 23.5. The molecule has 0 saturated heterocycles. The molecule has 3 nitrogen and oxygen atoms in total. The molecule has 0 unspecified atom stereocenters. The summed E-state index contributed by atoms with van der Waals surface area (Å²) in [7, 11) is 1.49. The Morgan fingerprint density at radius 2 is 2.13 bits per heavy atom. The summed E-state index contributed by atoms with van der Waals surface area (Å²) in [5.74, 6) is -0.110. The van der Waals surface area contributed by atoms with Crippen LogP contribution in [0.5, 0.6) is 5.75 Å². The third kappa shape index (κ3) is 2.33. The number of carbonyl (C=O) groups is 1. The molecular weight excluding hydrogens is 199 g/mol. The lowest BCUT2D eigenvalue weighted by molar-refractivity contribution is 0.0498. The van der Waals surface area contributed by atoms with Crippen LogP contribution in [-0.2, 0) is 4.74 Å². The fourth-order valence-electron chi connectivity index (χ4n) is 1.40. The number of carbonyl (C=O) groups excluding carboxylic acids is 1. The lowest BCUT2D eigenvalue weighted by Crippen LogP contribution is -2.05. The zero-order valence-electron chi connectivity index (χ0n) is 8.96. The van der Waals surface area contributed by atoms with E-state index in [1.54, 1.807) is 13.8 Å². The summed E-state index contributed by atoms with van der Waals surface area (Å²) in [6.45, 7) is 3.38. The second-order valence-corrected chi connectivity index (χ2v) is 3.22. The number of benzene rings is 1. The van der Waals surface area contributed by atoms with Gasteiger partial charge in [-0.25, -0.2) is 4.39 Å². The second kappa shape index (κ2) is 4.89. The molecule has 0 aliphatic carbocycles. The summed E-state index contributed by atoms with van der Waals surface area (Å²) in [5, 5.41) is 0. The zero-order chi connectivity index (χ0) is 11.4. The Labute approximate surface area is 87.8 Å². The van der Waals surface area contributed by atoms with Gasteiger partial charge in [0.25, 0.3) is 0 Å². The van der Waals surface area contributed by atoms with Crippen LogP contribution in [0.2, 0.25) is 0 Å². The van der Waals surface area contributed by atoms with Crippen molar-refractivity contribution < 1.29 is 18.7 Å². The van der Waals surface area contributed by atoms with E-state index in [1.807, 2.05) is 0 Å². The van der Waals surface area contributed by atoms with Gasteiger partial charge in [-0.3, -0.25) is 4.79 Å². The van der Waals surface area contributed by atoms with E-state index in [9.17, 15) is 9.18 Å². The van der Waals surface area contributed by atoms with E-state index in [1.165, 1.54) is 13.2 Å². The van der Waals surface area contributed by atoms with E-state index < -0.39 is 5.82 Å². The van der Waals surface area contributed by atoms with Gasteiger partial charge < -0.3 is 9.47 Å². The van der Waals surface area contributed by atoms with Gasteiger partial charge in [0.05, 0.1) is 5.56 Å². The van der Waals surface area contributed by atoms with Crippen LogP contribution in [0.1, 0.15) is 21.5 Å². The lowest BCUT2D eigenvalue weighted by Gasteiger charge is -2.12. The molecule has 0 radical (unpaired) electrons. The molecule has 15 heavy (non-hydrogen) atoms. The number of aryl methyl sites for hydroxylation is 1. The number of methoxy groups -OCH3 is 1. The van der Waals surface area contributed by atoms with Crippen molar-refractivity contribution in [2.24, 2.45) is 0 Å². The van der Waals surface area contributed by atoms with E-state index >= 15 is 0 Å². The molecule has 0 amide bonds. The van der Waals surface area contributed by atoms with Gasteiger partial charge in [0.15, 0.2) is 13.1 Å². The Morgan fingerprint density at radius 1 is 1.47 bits per heavy atom. The van der Waals surface area contributed by atoms with E-state index in [2.05, 4.69) is 0 Å². The van der Waals surface area contributed by atoms with Crippen LogP contribution in [0.25, 0.3) is 0 Å². The highest BCUT2D eigenvalue weighted by Crippen LogP contribution is 2.27. The molecule has 0 fully saturated rings. The summed E-state index contributed by atoms with van der Waals surface area (Å²) in [6, 6.07) is 1.46. The highest BCUT2D eigenvalue weighted by atomic mass is 19.1. The quantitative estimate of drug-likeness (QED) is 0.567. The van der Waals surface area contributed by atoms with Crippen molar-refractivity contribution >= 4 is 6.29 Å². The first-order valence-electron chi connectivity index (χ1n) is 4.48. The Balaban J connectivity index is 3.17. The molecule has 0 N–H and O–H groups in total. The maximum atomic E-state index is 13.5. The maximum absolute atomic E-state index is 13.5. The van der Waals surface area contributed by atoms with Crippen molar-refractivity contribution in [2.75, 3.05) is 13.9 Å².